The molecule has 0 aliphatic heterocycles. The Morgan fingerprint density at radius 2 is 2.31 bits per heavy atom. The molecule has 3 heteroatoms. The minimum Gasteiger partial charge on any atom is -0.372 e. The molecule has 0 aromatic rings. The van der Waals surface area contributed by atoms with Crippen molar-refractivity contribution in [2.75, 3.05) is 26.8 Å². The van der Waals surface area contributed by atoms with Crippen LogP contribution in [-0.2, 0) is 9.53 Å². The highest BCUT2D eigenvalue weighted by atomic mass is 16.5. The van der Waals surface area contributed by atoms with E-state index in [-0.39, 0.29) is 12.5 Å². The summed E-state index contributed by atoms with van der Waals surface area (Å²) in [7, 11) is 1.80. The van der Waals surface area contributed by atoms with Gasteiger partial charge in [-0.05, 0) is 19.8 Å². The van der Waals surface area contributed by atoms with Gasteiger partial charge >= 0.3 is 0 Å². The first-order valence-electron chi connectivity index (χ1n) is 4.65. The van der Waals surface area contributed by atoms with E-state index in [1.807, 2.05) is 13.0 Å². The molecule has 0 saturated carbocycles. The fourth-order valence-corrected chi connectivity index (χ4v) is 0.897. The molecule has 0 spiro atoms. The van der Waals surface area contributed by atoms with Crippen LogP contribution in [0.4, 0.5) is 0 Å². The van der Waals surface area contributed by atoms with Gasteiger partial charge in [0, 0.05) is 20.2 Å². The number of ether oxygens (including phenoxy) is 1. The lowest BCUT2D eigenvalue weighted by molar-refractivity contribution is -0.134. The molecule has 0 atom stereocenters. The Kier molecular flexibility index (Phi) is 7.30. The molecule has 76 valence electrons. The Labute approximate surface area is 80.4 Å². The fourth-order valence-electron chi connectivity index (χ4n) is 0.897. The van der Waals surface area contributed by atoms with Crippen LogP contribution in [0.5, 0.6) is 0 Å². The quantitative estimate of drug-likeness (QED) is 0.444. The van der Waals surface area contributed by atoms with E-state index in [1.54, 1.807) is 11.9 Å². The molecule has 0 rings (SSSR count). The molecule has 0 aromatic carbocycles. The van der Waals surface area contributed by atoms with Crippen LogP contribution in [-0.4, -0.2) is 37.6 Å². The van der Waals surface area contributed by atoms with Crippen LogP contribution in [0.15, 0.2) is 12.7 Å². The van der Waals surface area contributed by atoms with Crippen LogP contribution >= 0.6 is 0 Å². The number of unbranched alkanes of at least 4 members (excludes halogenated alkanes) is 1. The number of nitrogens with zero attached hydrogens (tertiary/aromatic N) is 1. The number of amides is 1. The SMILES string of the molecule is C=CCCCN(C)C(=O)COCC. The molecular weight excluding hydrogens is 166 g/mol. The molecule has 0 aliphatic rings. The second-order valence-corrected chi connectivity index (χ2v) is 2.88. The first kappa shape index (κ1) is 12.2. The summed E-state index contributed by atoms with van der Waals surface area (Å²) in [5.74, 6) is 0.0471. The van der Waals surface area contributed by atoms with Crippen LogP contribution < -0.4 is 0 Å². The Balaban J connectivity index is 3.50. The highest BCUT2D eigenvalue weighted by molar-refractivity contribution is 5.77. The number of carbonyl (C=O) groups excluding carboxylic acids is 1. The van der Waals surface area contributed by atoms with E-state index in [4.69, 9.17) is 4.74 Å². The first-order valence-corrected chi connectivity index (χ1v) is 4.65. The van der Waals surface area contributed by atoms with Gasteiger partial charge in [-0.3, -0.25) is 4.79 Å². The molecule has 0 aliphatic carbocycles. The van der Waals surface area contributed by atoms with Crippen LogP contribution in [0, 0.1) is 0 Å². The summed E-state index contributed by atoms with van der Waals surface area (Å²) in [5, 5.41) is 0. The van der Waals surface area contributed by atoms with Gasteiger partial charge in [0.2, 0.25) is 5.91 Å². The van der Waals surface area contributed by atoms with Crippen molar-refractivity contribution < 1.29 is 9.53 Å². The van der Waals surface area contributed by atoms with Crippen molar-refractivity contribution in [1.29, 1.82) is 0 Å². The zero-order valence-electron chi connectivity index (χ0n) is 8.58. The van der Waals surface area contributed by atoms with Gasteiger partial charge in [-0.25, -0.2) is 0 Å². The molecule has 1 amide bonds. The molecule has 0 saturated heterocycles. The highest BCUT2D eigenvalue weighted by Crippen LogP contribution is 1.94. The molecular formula is C10H19NO2. The third-order valence-corrected chi connectivity index (χ3v) is 1.76. The summed E-state index contributed by atoms with van der Waals surface area (Å²) in [5.41, 5.74) is 0. The van der Waals surface area contributed by atoms with Crippen LogP contribution in [0.2, 0.25) is 0 Å². The minimum atomic E-state index is 0.0471. The van der Waals surface area contributed by atoms with Gasteiger partial charge in [-0.1, -0.05) is 6.08 Å². The van der Waals surface area contributed by atoms with Gasteiger partial charge in [0.1, 0.15) is 6.61 Å². The third kappa shape index (κ3) is 6.34. The molecule has 0 N–H and O–H groups in total. The van der Waals surface area contributed by atoms with Gasteiger partial charge in [0.15, 0.2) is 0 Å². The van der Waals surface area contributed by atoms with Gasteiger partial charge < -0.3 is 9.64 Å². The topological polar surface area (TPSA) is 29.5 Å². The van der Waals surface area contributed by atoms with E-state index in [1.165, 1.54) is 0 Å². The summed E-state index contributed by atoms with van der Waals surface area (Å²) < 4.78 is 5.01. The first-order chi connectivity index (χ1) is 6.22. The zero-order valence-corrected chi connectivity index (χ0v) is 8.58. The van der Waals surface area contributed by atoms with E-state index in [0.29, 0.717) is 6.61 Å². The van der Waals surface area contributed by atoms with Crippen molar-refractivity contribution >= 4 is 5.91 Å². The third-order valence-electron chi connectivity index (χ3n) is 1.76. The normalized spacial score (nSPS) is 9.69. The highest BCUT2D eigenvalue weighted by Gasteiger charge is 2.06. The Morgan fingerprint density at radius 3 is 2.85 bits per heavy atom. The molecule has 3 nitrogen and oxygen atoms in total. The van der Waals surface area contributed by atoms with Gasteiger partial charge in [-0.2, -0.15) is 0 Å². The smallest absolute Gasteiger partial charge is 0.248 e. The average Bonchev–Trinajstić information content (AvgIpc) is 2.14. The minimum absolute atomic E-state index is 0.0471. The second kappa shape index (κ2) is 7.80. The van der Waals surface area contributed by atoms with Gasteiger partial charge in [0.25, 0.3) is 0 Å². The molecule has 0 aromatic heterocycles. The predicted molar refractivity (Wildman–Crippen MR) is 53.6 cm³/mol. The average molecular weight is 185 g/mol. The monoisotopic (exact) mass is 185 g/mol. The summed E-state index contributed by atoms with van der Waals surface area (Å²) in [4.78, 5) is 13.0. The lowest BCUT2D eigenvalue weighted by Crippen LogP contribution is -2.31. The number of hydrogen-bond donors (Lipinski definition) is 0. The molecule has 0 bridgehead atoms. The van der Waals surface area contributed by atoms with E-state index >= 15 is 0 Å². The second-order valence-electron chi connectivity index (χ2n) is 2.88. The standard InChI is InChI=1S/C10H19NO2/c1-4-6-7-8-11(3)10(12)9-13-5-2/h4H,1,5-9H2,2-3H3. The molecule has 13 heavy (non-hydrogen) atoms. The van der Waals surface area contributed by atoms with Crippen molar-refractivity contribution in [3.05, 3.63) is 12.7 Å². The van der Waals surface area contributed by atoms with E-state index in [0.717, 1.165) is 19.4 Å². The van der Waals surface area contributed by atoms with E-state index in [2.05, 4.69) is 6.58 Å². The summed E-state index contributed by atoms with van der Waals surface area (Å²) in [6.07, 6.45) is 3.78. The summed E-state index contributed by atoms with van der Waals surface area (Å²) in [6.45, 7) is 7.06. The van der Waals surface area contributed by atoms with E-state index in [9.17, 15) is 4.79 Å². The largest absolute Gasteiger partial charge is 0.372 e. The van der Waals surface area contributed by atoms with Gasteiger partial charge in [0.05, 0.1) is 0 Å². The van der Waals surface area contributed by atoms with Crippen LogP contribution in [0.25, 0.3) is 0 Å². The summed E-state index contributed by atoms with van der Waals surface area (Å²) >= 11 is 0. The van der Waals surface area contributed by atoms with Crippen molar-refractivity contribution in [2.45, 2.75) is 19.8 Å². The number of rotatable bonds is 7. The Hall–Kier alpha value is -0.830. The fraction of sp³-hybridized carbons (Fsp3) is 0.700. The van der Waals surface area contributed by atoms with Gasteiger partial charge in [-0.15, -0.1) is 6.58 Å². The van der Waals surface area contributed by atoms with E-state index < -0.39 is 0 Å². The Bertz CT molecular complexity index is 157. The zero-order chi connectivity index (χ0) is 10.1. The maximum Gasteiger partial charge on any atom is 0.248 e. The number of likely N-dealkylation sites (N-methyl/N-ethyl adjacent to an activating group) is 1. The maximum absolute atomic E-state index is 11.3. The molecule has 0 unspecified atom stereocenters. The van der Waals surface area contributed by atoms with Crippen molar-refractivity contribution in [1.82, 2.24) is 4.90 Å². The summed E-state index contributed by atoms with van der Waals surface area (Å²) in [6, 6.07) is 0. The Morgan fingerprint density at radius 1 is 1.62 bits per heavy atom. The lowest BCUT2D eigenvalue weighted by Gasteiger charge is -2.16. The molecule has 0 radical (unpaired) electrons. The number of hydrogen-bond acceptors (Lipinski definition) is 2. The maximum atomic E-state index is 11.3. The number of allylic oxidation sites excluding steroid dienone is 1. The number of carbonyl (C=O) groups is 1. The predicted octanol–water partition coefficient (Wildman–Crippen LogP) is 1.45. The molecule has 0 fully saturated rings. The van der Waals surface area contributed by atoms with Crippen LogP contribution in [0.3, 0.4) is 0 Å². The van der Waals surface area contributed by atoms with Crippen LogP contribution in [0.1, 0.15) is 19.8 Å². The molecule has 0 heterocycles. The van der Waals surface area contributed by atoms with Crippen molar-refractivity contribution in [3.8, 4) is 0 Å². The lowest BCUT2D eigenvalue weighted by atomic mass is 10.3. The van der Waals surface area contributed by atoms with Crippen molar-refractivity contribution in [3.63, 3.8) is 0 Å². The van der Waals surface area contributed by atoms with Crippen molar-refractivity contribution in [2.24, 2.45) is 0 Å².